The second-order valence-corrected chi connectivity index (χ2v) is 5.00. The summed E-state index contributed by atoms with van der Waals surface area (Å²) in [5, 5.41) is 4.08. The number of hydrogen-bond donors (Lipinski definition) is 1. The molecular formula is C16H19ClN2O. The number of halogens is 1. The molecule has 0 bridgehead atoms. The second kappa shape index (κ2) is 6.73. The number of nitrogens with one attached hydrogen (secondary N) is 1. The molecule has 1 unspecified atom stereocenters. The van der Waals surface area contributed by atoms with E-state index >= 15 is 0 Å². The lowest BCUT2D eigenvalue weighted by Gasteiger charge is -2.20. The highest BCUT2D eigenvalue weighted by Gasteiger charge is 2.17. The van der Waals surface area contributed by atoms with Crippen molar-refractivity contribution in [3.63, 3.8) is 0 Å². The molecule has 0 aliphatic carbocycles. The van der Waals surface area contributed by atoms with Crippen LogP contribution in [0, 0.1) is 6.92 Å². The predicted octanol–water partition coefficient (Wildman–Crippen LogP) is 3.75. The van der Waals surface area contributed by atoms with Crippen LogP contribution in [-0.4, -0.2) is 18.6 Å². The van der Waals surface area contributed by atoms with Gasteiger partial charge in [-0.05, 0) is 42.8 Å². The van der Waals surface area contributed by atoms with Gasteiger partial charge in [0.1, 0.15) is 5.75 Å². The van der Waals surface area contributed by atoms with E-state index in [9.17, 15) is 0 Å². The summed E-state index contributed by atoms with van der Waals surface area (Å²) in [6, 6.07) is 9.88. The lowest BCUT2D eigenvalue weighted by atomic mass is 9.99. The van der Waals surface area contributed by atoms with Gasteiger partial charge in [0.05, 0.1) is 23.9 Å². The highest BCUT2D eigenvalue weighted by atomic mass is 35.5. The van der Waals surface area contributed by atoms with E-state index in [2.05, 4.69) is 30.2 Å². The molecule has 0 aliphatic heterocycles. The minimum Gasteiger partial charge on any atom is -0.495 e. The van der Waals surface area contributed by atoms with Crippen LogP contribution in [0.5, 0.6) is 5.75 Å². The Morgan fingerprint density at radius 2 is 2.15 bits per heavy atom. The van der Waals surface area contributed by atoms with Crippen LogP contribution in [0.1, 0.15) is 29.8 Å². The Hall–Kier alpha value is -1.58. The molecular weight excluding hydrogens is 272 g/mol. The van der Waals surface area contributed by atoms with Crippen molar-refractivity contribution in [1.82, 2.24) is 10.3 Å². The molecule has 1 heterocycles. The first-order valence-corrected chi connectivity index (χ1v) is 7.03. The fraction of sp³-hybridized carbons (Fsp3) is 0.312. The molecule has 2 rings (SSSR count). The molecule has 4 heteroatoms. The lowest BCUT2D eigenvalue weighted by Crippen LogP contribution is -2.23. The van der Waals surface area contributed by atoms with Crippen LogP contribution in [-0.2, 0) is 0 Å². The van der Waals surface area contributed by atoms with E-state index in [1.54, 1.807) is 7.11 Å². The van der Waals surface area contributed by atoms with E-state index in [0.717, 1.165) is 23.4 Å². The van der Waals surface area contributed by atoms with E-state index in [1.807, 2.05) is 30.5 Å². The van der Waals surface area contributed by atoms with Crippen molar-refractivity contribution in [3.05, 3.63) is 58.4 Å². The van der Waals surface area contributed by atoms with Gasteiger partial charge in [0.2, 0.25) is 0 Å². The van der Waals surface area contributed by atoms with Gasteiger partial charge in [-0.25, -0.2) is 0 Å². The van der Waals surface area contributed by atoms with Gasteiger partial charge in [-0.2, -0.15) is 0 Å². The molecule has 0 radical (unpaired) electrons. The molecule has 0 amide bonds. The van der Waals surface area contributed by atoms with Gasteiger partial charge >= 0.3 is 0 Å². The van der Waals surface area contributed by atoms with Gasteiger partial charge in [0.15, 0.2) is 0 Å². The Morgan fingerprint density at radius 1 is 1.35 bits per heavy atom. The van der Waals surface area contributed by atoms with Gasteiger partial charge in [0.25, 0.3) is 0 Å². The van der Waals surface area contributed by atoms with E-state index in [0.29, 0.717) is 10.8 Å². The van der Waals surface area contributed by atoms with Gasteiger partial charge in [0, 0.05) is 6.20 Å². The molecule has 0 saturated heterocycles. The van der Waals surface area contributed by atoms with E-state index < -0.39 is 0 Å². The summed E-state index contributed by atoms with van der Waals surface area (Å²) in [5.74, 6) is 0.681. The molecule has 1 aromatic heterocycles. The molecule has 106 valence electrons. The van der Waals surface area contributed by atoms with Crippen molar-refractivity contribution in [2.24, 2.45) is 0 Å². The smallest absolute Gasteiger partial charge is 0.137 e. The fourth-order valence-corrected chi connectivity index (χ4v) is 2.43. The molecule has 0 saturated carbocycles. The topological polar surface area (TPSA) is 34.1 Å². The highest BCUT2D eigenvalue weighted by molar-refractivity contribution is 6.32. The Balaban J connectivity index is 2.46. The molecule has 1 aromatic carbocycles. The Morgan fingerprint density at radius 3 is 2.80 bits per heavy atom. The molecule has 3 nitrogen and oxygen atoms in total. The maximum absolute atomic E-state index is 6.09. The summed E-state index contributed by atoms with van der Waals surface area (Å²) in [5.41, 5.74) is 3.28. The average Bonchev–Trinajstić information content (AvgIpc) is 2.46. The van der Waals surface area contributed by atoms with E-state index in [-0.39, 0.29) is 6.04 Å². The Kier molecular flexibility index (Phi) is 4.99. The highest BCUT2D eigenvalue weighted by Crippen LogP contribution is 2.30. The second-order valence-electron chi connectivity index (χ2n) is 4.59. The molecule has 0 aliphatic rings. The third-order valence-corrected chi connectivity index (χ3v) is 3.55. The first-order chi connectivity index (χ1) is 9.67. The number of ether oxygens (including phenoxy) is 1. The van der Waals surface area contributed by atoms with Crippen LogP contribution in [0.2, 0.25) is 5.02 Å². The number of aromatic nitrogens is 1. The molecule has 1 N–H and O–H groups in total. The third kappa shape index (κ3) is 3.11. The number of hydrogen-bond acceptors (Lipinski definition) is 3. The molecule has 0 spiro atoms. The zero-order valence-corrected chi connectivity index (χ0v) is 12.7. The SMILES string of the molecule is CCNC(c1ccc(Cl)c(OC)c1)c1ncccc1C. The first kappa shape index (κ1) is 14.8. The van der Waals surface area contributed by atoms with Gasteiger partial charge in [-0.3, -0.25) is 4.98 Å². The minimum atomic E-state index is 0.0346. The van der Waals surface area contributed by atoms with Gasteiger partial charge in [-0.15, -0.1) is 0 Å². The van der Waals surface area contributed by atoms with Crippen molar-refractivity contribution in [2.75, 3.05) is 13.7 Å². The van der Waals surface area contributed by atoms with Crippen LogP contribution in [0.4, 0.5) is 0 Å². The van der Waals surface area contributed by atoms with Crippen LogP contribution in [0.15, 0.2) is 36.5 Å². The maximum Gasteiger partial charge on any atom is 0.137 e. The van der Waals surface area contributed by atoms with Crippen molar-refractivity contribution in [3.8, 4) is 5.75 Å². The Labute approximate surface area is 124 Å². The summed E-state index contributed by atoms with van der Waals surface area (Å²) in [7, 11) is 1.62. The van der Waals surface area contributed by atoms with Crippen LogP contribution >= 0.6 is 11.6 Å². The summed E-state index contributed by atoms with van der Waals surface area (Å²) >= 11 is 6.09. The number of nitrogens with zero attached hydrogens (tertiary/aromatic N) is 1. The largest absolute Gasteiger partial charge is 0.495 e. The van der Waals surface area contributed by atoms with Crippen molar-refractivity contribution in [1.29, 1.82) is 0 Å². The summed E-state index contributed by atoms with van der Waals surface area (Å²) < 4.78 is 5.30. The number of rotatable bonds is 5. The minimum absolute atomic E-state index is 0.0346. The van der Waals surface area contributed by atoms with Gasteiger partial charge < -0.3 is 10.1 Å². The zero-order valence-electron chi connectivity index (χ0n) is 12.0. The van der Waals surface area contributed by atoms with E-state index in [1.165, 1.54) is 0 Å². The summed E-state index contributed by atoms with van der Waals surface area (Å²) in [6.07, 6.45) is 1.82. The van der Waals surface area contributed by atoms with Crippen LogP contribution < -0.4 is 10.1 Å². The van der Waals surface area contributed by atoms with E-state index in [4.69, 9.17) is 16.3 Å². The molecule has 2 aromatic rings. The molecule has 20 heavy (non-hydrogen) atoms. The van der Waals surface area contributed by atoms with Crippen molar-refractivity contribution in [2.45, 2.75) is 19.9 Å². The van der Waals surface area contributed by atoms with Crippen molar-refractivity contribution < 1.29 is 4.74 Å². The van der Waals surface area contributed by atoms with Crippen LogP contribution in [0.3, 0.4) is 0 Å². The standard InChI is InChI=1S/C16H19ClN2O/c1-4-18-16(15-11(2)6-5-9-19-15)12-7-8-13(17)14(10-12)20-3/h5-10,16,18H,4H2,1-3H3. The average molecular weight is 291 g/mol. The van der Waals surface area contributed by atoms with Gasteiger partial charge in [-0.1, -0.05) is 30.7 Å². The number of methoxy groups -OCH3 is 1. The monoisotopic (exact) mass is 290 g/mol. The molecule has 1 atom stereocenters. The lowest BCUT2D eigenvalue weighted by molar-refractivity contribution is 0.414. The quantitative estimate of drug-likeness (QED) is 0.910. The number of aryl methyl sites for hydroxylation is 1. The fourth-order valence-electron chi connectivity index (χ4n) is 2.23. The summed E-state index contributed by atoms with van der Waals surface area (Å²) in [4.78, 5) is 4.52. The predicted molar refractivity (Wildman–Crippen MR) is 82.5 cm³/mol. The number of benzene rings is 1. The third-order valence-electron chi connectivity index (χ3n) is 3.24. The normalized spacial score (nSPS) is 12.2. The van der Waals surface area contributed by atoms with Crippen LogP contribution in [0.25, 0.3) is 0 Å². The molecule has 0 fully saturated rings. The first-order valence-electron chi connectivity index (χ1n) is 6.65. The Bertz CT molecular complexity index is 586. The summed E-state index contributed by atoms with van der Waals surface area (Å²) in [6.45, 7) is 5.00. The van der Waals surface area contributed by atoms with Crippen molar-refractivity contribution >= 4 is 11.6 Å². The maximum atomic E-state index is 6.09. The zero-order chi connectivity index (χ0) is 14.5. The number of pyridine rings is 1.